The second-order valence-corrected chi connectivity index (χ2v) is 7.82. The van der Waals surface area contributed by atoms with Gasteiger partial charge in [-0.1, -0.05) is 55.2 Å². The Bertz CT molecular complexity index is 856. The Morgan fingerprint density at radius 2 is 1.70 bits per heavy atom. The maximum absolute atomic E-state index is 13.3. The van der Waals surface area contributed by atoms with E-state index in [1.165, 1.54) is 0 Å². The molecule has 2 aromatic carbocycles. The van der Waals surface area contributed by atoms with Crippen LogP contribution in [-0.2, 0) is 22.6 Å². The molecule has 0 aromatic heterocycles. The Kier molecular flexibility index (Phi) is 9.47. The summed E-state index contributed by atoms with van der Waals surface area (Å²) in [5, 5.41) is 3.75. The van der Waals surface area contributed by atoms with Crippen molar-refractivity contribution in [2.24, 2.45) is 0 Å². The molecule has 0 spiro atoms. The number of hydrogen-bond acceptors (Lipinski definition) is 3. The summed E-state index contributed by atoms with van der Waals surface area (Å²) < 4.78 is 5.20. The number of benzene rings is 2. The van der Waals surface area contributed by atoms with Gasteiger partial charge in [-0.15, -0.1) is 0 Å². The molecule has 1 unspecified atom stereocenters. The van der Waals surface area contributed by atoms with E-state index in [1.54, 1.807) is 30.2 Å². The zero-order chi connectivity index (χ0) is 22.1. The zero-order valence-electron chi connectivity index (χ0n) is 17.6. The molecule has 0 saturated heterocycles. The number of nitrogens with zero attached hydrogens (tertiary/aromatic N) is 1. The van der Waals surface area contributed by atoms with Crippen LogP contribution < -0.4 is 10.1 Å². The van der Waals surface area contributed by atoms with Crippen LogP contribution in [0.2, 0.25) is 10.0 Å². The van der Waals surface area contributed by atoms with Gasteiger partial charge in [0.1, 0.15) is 11.8 Å². The van der Waals surface area contributed by atoms with E-state index in [-0.39, 0.29) is 18.2 Å². The van der Waals surface area contributed by atoms with Gasteiger partial charge in [-0.3, -0.25) is 9.59 Å². The SMILES string of the molecule is CCCNC(=O)C(CC)N(Cc1ccc(OC)cc1)C(=O)Cc1ccc(Cl)c(Cl)c1. The summed E-state index contributed by atoms with van der Waals surface area (Å²) in [6.45, 7) is 4.80. The van der Waals surface area contributed by atoms with E-state index in [1.807, 2.05) is 38.1 Å². The minimum atomic E-state index is -0.561. The third kappa shape index (κ3) is 6.64. The molecule has 1 atom stereocenters. The van der Waals surface area contributed by atoms with Gasteiger partial charge in [0.15, 0.2) is 0 Å². The molecule has 0 saturated carbocycles. The third-order valence-electron chi connectivity index (χ3n) is 4.79. The fourth-order valence-electron chi connectivity index (χ4n) is 3.14. The number of methoxy groups -OCH3 is 1. The lowest BCUT2D eigenvalue weighted by atomic mass is 10.1. The van der Waals surface area contributed by atoms with E-state index >= 15 is 0 Å². The molecular formula is C23H28Cl2N2O3. The Morgan fingerprint density at radius 1 is 1.03 bits per heavy atom. The number of carbonyl (C=O) groups excluding carboxylic acids is 2. The maximum atomic E-state index is 13.3. The molecule has 2 amide bonds. The zero-order valence-corrected chi connectivity index (χ0v) is 19.1. The van der Waals surface area contributed by atoms with E-state index < -0.39 is 6.04 Å². The van der Waals surface area contributed by atoms with Crippen molar-refractivity contribution in [1.82, 2.24) is 10.2 Å². The number of rotatable bonds is 10. The first-order valence-corrected chi connectivity index (χ1v) is 10.8. The van der Waals surface area contributed by atoms with Crippen molar-refractivity contribution in [1.29, 1.82) is 0 Å². The molecule has 0 bridgehead atoms. The molecule has 1 N–H and O–H groups in total. The Morgan fingerprint density at radius 3 is 2.27 bits per heavy atom. The van der Waals surface area contributed by atoms with Crippen LogP contribution >= 0.6 is 23.2 Å². The molecule has 0 aliphatic heterocycles. The summed E-state index contributed by atoms with van der Waals surface area (Å²) in [7, 11) is 1.60. The first-order valence-electron chi connectivity index (χ1n) is 10.0. The van der Waals surface area contributed by atoms with Gasteiger partial charge in [0, 0.05) is 13.1 Å². The van der Waals surface area contributed by atoms with Crippen molar-refractivity contribution in [3.63, 3.8) is 0 Å². The van der Waals surface area contributed by atoms with Crippen molar-refractivity contribution in [2.75, 3.05) is 13.7 Å². The average molecular weight is 451 g/mol. The molecular weight excluding hydrogens is 423 g/mol. The van der Waals surface area contributed by atoms with Gasteiger partial charge in [0.05, 0.1) is 23.6 Å². The lowest BCUT2D eigenvalue weighted by molar-refractivity contribution is -0.140. The van der Waals surface area contributed by atoms with E-state index in [0.717, 1.165) is 23.3 Å². The first kappa shape index (κ1) is 24.0. The van der Waals surface area contributed by atoms with Crippen LogP contribution in [0.3, 0.4) is 0 Å². The topological polar surface area (TPSA) is 58.6 Å². The van der Waals surface area contributed by atoms with E-state index in [0.29, 0.717) is 29.6 Å². The summed E-state index contributed by atoms with van der Waals surface area (Å²) in [4.78, 5) is 27.7. The molecule has 5 nitrogen and oxygen atoms in total. The van der Waals surface area contributed by atoms with E-state index in [2.05, 4.69) is 5.32 Å². The van der Waals surface area contributed by atoms with Gasteiger partial charge >= 0.3 is 0 Å². The molecule has 7 heteroatoms. The van der Waals surface area contributed by atoms with Gasteiger partial charge in [0.2, 0.25) is 11.8 Å². The lowest BCUT2D eigenvalue weighted by Crippen LogP contribution is -2.49. The highest BCUT2D eigenvalue weighted by atomic mass is 35.5. The van der Waals surface area contributed by atoms with Crippen molar-refractivity contribution in [3.05, 3.63) is 63.6 Å². The number of carbonyl (C=O) groups is 2. The average Bonchev–Trinajstić information content (AvgIpc) is 2.75. The van der Waals surface area contributed by atoms with E-state index in [9.17, 15) is 9.59 Å². The summed E-state index contributed by atoms with van der Waals surface area (Å²) >= 11 is 12.1. The van der Waals surface area contributed by atoms with Gasteiger partial charge < -0.3 is 15.0 Å². The highest BCUT2D eigenvalue weighted by Gasteiger charge is 2.28. The summed E-state index contributed by atoms with van der Waals surface area (Å²) in [6, 6.07) is 12.1. The number of halogens is 2. The predicted molar refractivity (Wildman–Crippen MR) is 121 cm³/mol. The fraction of sp³-hybridized carbons (Fsp3) is 0.391. The highest BCUT2D eigenvalue weighted by Crippen LogP contribution is 2.24. The van der Waals surface area contributed by atoms with Gasteiger partial charge in [-0.2, -0.15) is 0 Å². The van der Waals surface area contributed by atoms with Crippen molar-refractivity contribution >= 4 is 35.0 Å². The molecule has 0 radical (unpaired) electrons. The first-order chi connectivity index (χ1) is 14.4. The van der Waals surface area contributed by atoms with Crippen LogP contribution in [0.15, 0.2) is 42.5 Å². The fourth-order valence-corrected chi connectivity index (χ4v) is 3.46. The van der Waals surface area contributed by atoms with Crippen LogP contribution in [-0.4, -0.2) is 36.4 Å². The highest BCUT2D eigenvalue weighted by molar-refractivity contribution is 6.42. The molecule has 2 rings (SSSR count). The smallest absolute Gasteiger partial charge is 0.242 e. The molecule has 162 valence electrons. The Balaban J connectivity index is 2.28. The standard InChI is InChI=1S/C23H28Cl2N2O3/c1-4-12-26-23(29)21(5-2)27(15-16-6-9-18(30-3)10-7-16)22(28)14-17-8-11-19(24)20(25)13-17/h6-11,13,21H,4-5,12,14-15H2,1-3H3,(H,26,29). The van der Waals surface area contributed by atoms with Crippen LogP contribution in [0.1, 0.15) is 37.8 Å². The number of hydrogen-bond donors (Lipinski definition) is 1. The van der Waals surface area contributed by atoms with Crippen LogP contribution in [0, 0.1) is 0 Å². The normalized spacial score (nSPS) is 11.6. The monoisotopic (exact) mass is 450 g/mol. The minimum Gasteiger partial charge on any atom is -0.497 e. The quantitative estimate of drug-likeness (QED) is 0.560. The van der Waals surface area contributed by atoms with Crippen LogP contribution in [0.5, 0.6) is 5.75 Å². The summed E-state index contributed by atoms with van der Waals surface area (Å²) in [5.41, 5.74) is 1.66. The second-order valence-electron chi connectivity index (χ2n) is 7.01. The number of amides is 2. The molecule has 0 fully saturated rings. The number of ether oxygens (including phenoxy) is 1. The van der Waals surface area contributed by atoms with Crippen molar-refractivity contribution in [2.45, 2.75) is 45.7 Å². The lowest BCUT2D eigenvalue weighted by Gasteiger charge is -2.31. The maximum Gasteiger partial charge on any atom is 0.242 e. The van der Waals surface area contributed by atoms with Crippen LogP contribution in [0.25, 0.3) is 0 Å². The van der Waals surface area contributed by atoms with Crippen molar-refractivity contribution < 1.29 is 14.3 Å². The largest absolute Gasteiger partial charge is 0.497 e. The Labute approximate surface area is 188 Å². The molecule has 0 aliphatic rings. The summed E-state index contributed by atoms with van der Waals surface area (Å²) in [6.07, 6.45) is 1.47. The van der Waals surface area contributed by atoms with Gasteiger partial charge in [0.25, 0.3) is 0 Å². The third-order valence-corrected chi connectivity index (χ3v) is 5.53. The molecule has 0 aliphatic carbocycles. The number of nitrogens with one attached hydrogen (secondary N) is 1. The van der Waals surface area contributed by atoms with Gasteiger partial charge in [-0.25, -0.2) is 0 Å². The van der Waals surface area contributed by atoms with E-state index in [4.69, 9.17) is 27.9 Å². The summed E-state index contributed by atoms with van der Waals surface area (Å²) in [5.74, 6) is 0.443. The minimum absolute atomic E-state index is 0.130. The molecule has 0 heterocycles. The Hall–Kier alpha value is -2.24. The van der Waals surface area contributed by atoms with Crippen molar-refractivity contribution in [3.8, 4) is 5.75 Å². The second kappa shape index (κ2) is 11.8. The predicted octanol–water partition coefficient (Wildman–Crippen LogP) is 4.88. The molecule has 2 aromatic rings. The van der Waals surface area contributed by atoms with Crippen LogP contribution in [0.4, 0.5) is 0 Å². The van der Waals surface area contributed by atoms with Gasteiger partial charge in [-0.05, 0) is 48.2 Å². The molecule has 30 heavy (non-hydrogen) atoms.